The second kappa shape index (κ2) is 13.8. The van der Waals surface area contributed by atoms with Crippen LogP contribution in [0.1, 0.15) is 37.5 Å². The smallest absolute Gasteiger partial charge is 0.261 e. The Morgan fingerprint density at radius 1 is 0.946 bits per heavy atom. The van der Waals surface area contributed by atoms with Crippen molar-refractivity contribution in [2.24, 2.45) is 0 Å². The van der Waals surface area contributed by atoms with E-state index in [9.17, 15) is 9.59 Å². The first-order chi connectivity index (χ1) is 17.8. The molecule has 0 heterocycles. The number of carbonyl (C=O) groups is 2. The van der Waals surface area contributed by atoms with Gasteiger partial charge in [-0.05, 0) is 77.2 Å². The standard InChI is InChI=1S/C30H35BrN2O4/c1-5-22-14-15-28(26(31)17-22)37-20-29(34)33(19-24-12-9-13-25(16-24)36-4)27(30(35)32-21(2)3)18-23-10-7-6-8-11-23/h6-17,21,27H,5,18-20H2,1-4H3,(H,32,35). The van der Waals surface area contributed by atoms with Crippen LogP contribution >= 0.6 is 15.9 Å². The number of aryl methyl sites for hydroxylation is 1. The quantitative estimate of drug-likeness (QED) is 0.311. The van der Waals surface area contributed by atoms with Crippen LogP contribution in [0.4, 0.5) is 0 Å². The van der Waals surface area contributed by atoms with Gasteiger partial charge in [0.2, 0.25) is 5.91 Å². The molecular weight excluding hydrogens is 532 g/mol. The van der Waals surface area contributed by atoms with Crippen molar-refractivity contribution >= 4 is 27.7 Å². The number of halogens is 1. The van der Waals surface area contributed by atoms with Crippen LogP contribution in [0, 0.1) is 0 Å². The van der Waals surface area contributed by atoms with Gasteiger partial charge in [0.1, 0.15) is 17.5 Å². The van der Waals surface area contributed by atoms with Crippen LogP contribution in [0.5, 0.6) is 11.5 Å². The van der Waals surface area contributed by atoms with Gasteiger partial charge in [0.25, 0.3) is 5.91 Å². The minimum atomic E-state index is -0.724. The van der Waals surface area contributed by atoms with Crippen molar-refractivity contribution in [3.8, 4) is 11.5 Å². The molecule has 0 aliphatic rings. The maximum Gasteiger partial charge on any atom is 0.261 e. The molecule has 3 rings (SSSR count). The molecule has 0 saturated carbocycles. The predicted octanol–water partition coefficient (Wildman–Crippen LogP) is 5.56. The molecule has 0 aliphatic heterocycles. The Kier molecular flexibility index (Phi) is 10.6. The normalized spacial score (nSPS) is 11.6. The molecule has 0 aliphatic carbocycles. The molecule has 1 unspecified atom stereocenters. The minimum absolute atomic E-state index is 0.0659. The van der Waals surface area contributed by atoms with Crippen LogP contribution in [-0.4, -0.2) is 42.5 Å². The summed E-state index contributed by atoms with van der Waals surface area (Å²) >= 11 is 3.54. The van der Waals surface area contributed by atoms with Crippen LogP contribution in [-0.2, 0) is 29.0 Å². The summed E-state index contributed by atoms with van der Waals surface area (Å²) in [5.41, 5.74) is 2.99. The number of rotatable bonds is 12. The summed E-state index contributed by atoms with van der Waals surface area (Å²) in [7, 11) is 1.60. The van der Waals surface area contributed by atoms with Gasteiger partial charge in [-0.2, -0.15) is 0 Å². The topological polar surface area (TPSA) is 67.9 Å². The summed E-state index contributed by atoms with van der Waals surface area (Å²) in [6, 6.07) is 22.3. The lowest BCUT2D eigenvalue weighted by Gasteiger charge is -2.32. The number of benzene rings is 3. The third kappa shape index (κ3) is 8.35. The van der Waals surface area contributed by atoms with Gasteiger partial charge >= 0.3 is 0 Å². The van der Waals surface area contributed by atoms with Gasteiger partial charge in [0, 0.05) is 19.0 Å². The van der Waals surface area contributed by atoms with Crippen molar-refractivity contribution in [1.29, 1.82) is 0 Å². The Labute approximate surface area is 228 Å². The van der Waals surface area contributed by atoms with Crippen LogP contribution in [0.2, 0.25) is 0 Å². The van der Waals surface area contributed by atoms with Crippen molar-refractivity contribution in [2.75, 3.05) is 13.7 Å². The van der Waals surface area contributed by atoms with Gasteiger partial charge in [-0.3, -0.25) is 9.59 Å². The monoisotopic (exact) mass is 566 g/mol. The maximum atomic E-state index is 13.7. The van der Waals surface area contributed by atoms with Crippen molar-refractivity contribution in [3.05, 3.63) is 94.0 Å². The van der Waals surface area contributed by atoms with Gasteiger partial charge in [0.15, 0.2) is 6.61 Å². The number of carbonyl (C=O) groups excluding carboxylic acids is 2. The van der Waals surface area contributed by atoms with E-state index in [1.165, 1.54) is 5.56 Å². The average molecular weight is 568 g/mol. The van der Waals surface area contributed by atoms with Crippen molar-refractivity contribution < 1.29 is 19.1 Å². The highest BCUT2D eigenvalue weighted by Crippen LogP contribution is 2.27. The van der Waals surface area contributed by atoms with E-state index in [1.807, 2.05) is 86.6 Å². The van der Waals surface area contributed by atoms with E-state index in [1.54, 1.807) is 12.0 Å². The van der Waals surface area contributed by atoms with E-state index in [0.29, 0.717) is 17.9 Å². The Morgan fingerprint density at radius 2 is 1.68 bits per heavy atom. The highest BCUT2D eigenvalue weighted by atomic mass is 79.9. The number of hydrogen-bond acceptors (Lipinski definition) is 4. The molecule has 2 amide bonds. The molecule has 6 nitrogen and oxygen atoms in total. The molecule has 0 aromatic heterocycles. The molecule has 0 saturated heterocycles. The fraction of sp³-hybridized carbons (Fsp3) is 0.333. The Bertz CT molecular complexity index is 1180. The molecule has 1 atom stereocenters. The summed E-state index contributed by atoms with van der Waals surface area (Å²) in [4.78, 5) is 28.7. The zero-order chi connectivity index (χ0) is 26.8. The molecule has 3 aromatic rings. The molecule has 196 valence electrons. The summed E-state index contributed by atoms with van der Waals surface area (Å²) in [6.45, 7) is 5.93. The van der Waals surface area contributed by atoms with Crippen molar-refractivity contribution in [3.63, 3.8) is 0 Å². The number of nitrogens with zero attached hydrogens (tertiary/aromatic N) is 1. The SMILES string of the molecule is CCc1ccc(OCC(=O)N(Cc2cccc(OC)c2)C(Cc2ccccc2)C(=O)NC(C)C)c(Br)c1. The van der Waals surface area contributed by atoms with Gasteiger partial charge < -0.3 is 19.7 Å². The molecule has 0 bridgehead atoms. The van der Waals surface area contributed by atoms with Crippen molar-refractivity contribution in [2.45, 2.75) is 52.2 Å². The predicted molar refractivity (Wildman–Crippen MR) is 150 cm³/mol. The third-order valence-electron chi connectivity index (χ3n) is 5.94. The number of ether oxygens (including phenoxy) is 2. The molecule has 3 aromatic carbocycles. The zero-order valence-corrected chi connectivity index (χ0v) is 23.5. The van der Waals surface area contributed by atoms with Gasteiger partial charge in [-0.25, -0.2) is 0 Å². The van der Waals surface area contributed by atoms with E-state index in [2.05, 4.69) is 28.2 Å². The van der Waals surface area contributed by atoms with E-state index < -0.39 is 6.04 Å². The maximum absolute atomic E-state index is 13.7. The Morgan fingerprint density at radius 3 is 2.32 bits per heavy atom. The first-order valence-corrected chi connectivity index (χ1v) is 13.3. The average Bonchev–Trinajstić information content (AvgIpc) is 2.90. The largest absolute Gasteiger partial charge is 0.497 e. The summed E-state index contributed by atoms with van der Waals surface area (Å²) in [5, 5.41) is 3.00. The third-order valence-corrected chi connectivity index (χ3v) is 6.56. The molecule has 0 fully saturated rings. The van der Waals surface area contributed by atoms with Crippen LogP contribution in [0.3, 0.4) is 0 Å². The van der Waals surface area contributed by atoms with Crippen LogP contribution in [0.15, 0.2) is 77.3 Å². The minimum Gasteiger partial charge on any atom is -0.497 e. The molecule has 0 spiro atoms. The highest BCUT2D eigenvalue weighted by molar-refractivity contribution is 9.10. The van der Waals surface area contributed by atoms with Crippen LogP contribution < -0.4 is 14.8 Å². The molecular formula is C30H35BrN2O4. The van der Waals surface area contributed by atoms with E-state index >= 15 is 0 Å². The van der Waals surface area contributed by atoms with Crippen LogP contribution in [0.25, 0.3) is 0 Å². The van der Waals surface area contributed by atoms with Gasteiger partial charge in [0.05, 0.1) is 11.6 Å². The first kappa shape index (κ1) is 28.3. The molecule has 37 heavy (non-hydrogen) atoms. The van der Waals surface area contributed by atoms with E-state index in [0.717, 1.165) is 22.0 Å². The summed E-state index contributed by atoms with van der Waals surface area (Å²) in [5.74, 6) is 0.781. The fourth-order valence-electron chi connectivity index (χ4n) is 4.01. The molecule has 7 heteroatoms. The number of nitrogens with one attached hydrogen (secondary N) is 1. The number of methoxy groups -OCH3 is 1. The van der Waals surface area contributed by atoms with E-state index in [-0.39, 0.29) is 31.0 Å². The summed E-state index contributed by atoms with van der Waals surface area (Å²) in [6.07, 6.45) is 1.28. The van der Waals surface area contributed by atoms with Crippen molar-refractivity contribution in [1.82, 2.24) is 10.2 Å². The number of hydrogen-bond donors (Lipinski definition) is 1. The lowest BCUT2D eigenvalue weighted by atomic mass is 10.0. The van der Waals surface area contributed by atoms with E-state index in [4.69, 9.17) is 9.47 Å². The lowest BCUT2D eigenvalue weighted by Crippen LogP contribution is -2.52. The second-order valence-electron chi connectivity index (χ2n) is 9.15. The zero-order valence-electron chi connectivity index (χ0n) is 21.9. The fourth-order valence-corrected chi connectivity index (χ4v) is 4.55. The molecule has 0 radical (unpaired) electrons. The Hall–Kier alpha value is -3.32. The highest BCUT2D eigenvalue weighted by Gasteiger charge is 2.31. The molecule has 1 N–H and O–H groups in total. The van der Waals surface area contributed by atoms with Gasteiger partial charge in [-0.1, -0.05) is 55.5 Å². The first-order valence-electron chi connectivity index (χ1n) is 12.5. The number of amides is 2. The lowest BCUT2D eigenvalue weighted by molar-refractivity contribution is -0.143. The Balaban J connectivity index is 1.92. The van der Waals surface area contributed by atoms with Gasteiger partial charge in [-0.15, -0.1) is 0 Å². The second-order valence-corrected chi connectivity index (χ2v) is 10.0. The summed E-state index contributed by atoms with van der Waals surface area (Å²) < 4.78 is 12.1.